The summed E-state index contributed by atoms with van der Waals surface area (Å²) in [6, 6.07) is 21.6. The quantitative estimate of drug-likeness (QED) is 0.836. The van der Waals surface area contributed by atoms with Gasteiger partial charge in [-0.25, -0.2) is 0 Å². The molecule has 1 aliphatic carbocycles. The Morgan fingerprint density at radius 1 is 0.818 bits per heavy atom. The molecule has 0 aliphatic heterocycles. The van der Waals surface area contributed by atoms with Gasteiger partial charge in [0.05, 0.1) is 6.10 Å². The predicted molar refractivity (Wildman–Crippen MR) is 92.3 cm³/mol. The van der Waals surface area contributed by atoms with Gasteiger partial charge in [-0.15, -0.1) is 0 Å². The molecule has 0 atom stereocenters. The first-order valence-electron chi connectivity index (χ1n) is 7.78. The van der Waals surface area contributed by atoms with Crippen molar-refractivity contribution in [1.29, 1.82) is 0 Å². The smallest absolute Gasteiger partial charge is 0.176 e. The Kier molecular flexibility index (Phi) is 4.90. The fourth-order valence-electron chi connectivity index (χ4n) is 3.62. The largest absolute Gasteiger partial charge is 0.329 e. The van der Waals surface area contributed by atoms with E-state index in [0.717, 1.165) is 25.7 Å². The molecular weight excluding hydrogens is 291 g/mol. The average Bonchev–Trinajstić information content (AvgIpc) is 2.57. The van der Waals surface area contributed by atoms with E-state index < -0.39 is 8.45 Å². The Morgan fingerprint density at radius 3 is 1.68 bits per heavy atom. The molecule has 2 aromatic rings. The number of nitrogens with two attached hydrogens (primary N) is 2. The summed E-state index contributed by atoms with van der Waals surface area (Å²) < 4.78 is 5.68. The summed E-state index contributed by atoms with van der Waals surface area (Å²) in [6.45, 7) is 0. The summed E-state index contributed by atoms with van der Waals surface area (Å²) in [5.41, 5.74) is 14.1. The molecule has 0 bridgehead atoms. The van der Waals surface area contributed by atoms with Gasteiger partial charge in [0.2, 0.25) is 0 Å². The molecule has 0 heterocycles. The zero-order valence-electron chi connectivity index (χ0n) is 12.7. The minimum atomic E-state index is -1.26. The monoisotopic (exact) mass is 314 g/mol. The van der Waals surface area contributed by atoms with Crippen LogP contribution in [0.2, 0.25) is 0 Å². The van der Waals surface area contributed by atoms with Crippen LogP contribution in [0.4, 0.5) is 0 Å². The van der Waals surface area contributed by atoms with Gasteiger partial charge in [0, 0.05) is 5.41 Å². The van der Waals surface area contributed by atoms with Crippen molar-refractivity contribution in [2.24, 2.45) is 11.0 Å². The normalized spacial score (nSPS) is 18.5. The lowest BCUT2D eigenvalue weighted by molar-refractivity contribution is 0.142. The molecule has 4 heteroatoms. The topological polar surface area (TPSA) is 61.3 Å². The van der Waals surface area contributed by atoms with E-state index in [1.807, 2.05) is 0 Å². The van der Waals surface area contributed by atoms with Gasteiger partial charge in [0.15, 0.2) is 8.45 Å². The summed E-state index contributed by atoms with van der Waals surface area (Å²) in [6.07, 6.45) is 4.32. The van der Waals surface area contributed by atoms with Gasteiger partial charge in [0.25, 0.3) is 0 Å². The Bertz CT molecular complexity index is 539. The van der Waals surface area contributed by atoms with Crippen molar-refractivity contribution >= 4 is 8.45 Å². The van der Waals surface area contributed by atoms with Crippen molar-refractivity contribution in [2.45, 2.75) is 37.2 Å². The molecule has 0 radical (unpaired) electrons. The average molecular weight is 314 g/mol. The molecule has 22 heavy (non-hydrogen) atoms. The fraction of sp³-hybridized carbons (Fsp3) is 0.333. The maximum atomic E-state index is 5.68. The van der Waals surface area contributed by atoms with E-state index in [1.54, 1.807) is 0 Å². The van der Waals surface area contributed by atoms with E-state index in [1.165, 1.54) is 11.1 Å². The predicted octanol–water partition coefficient (Wildman–Crippen LogP) is 4.08. The number of rotatable bonds is 4. The highest BCUT2D eigenvalue weighted by Gasteiger charge is 2.38. The fourth-order valence-corrected chi connectivity index (χ4v) is 4.18. The molecule has 116 valence electrons. The molecular formula is C18H23N2OP. The Hall–Kier alpha value is -1.25. The lowest BCUT2D eigenvalue weighted by Crippen LogP contribution is -2.35. The third kappa shape index (κ3) is 3.23. The van der Waals surface area contributed by atoms with E-state index in [0.29, 0.717) is 0 Å². The highest BCUT2D eigenvalue weighted by molar-refractivity contribution is 7.47. The van der Waals surface area contributed by atoms with Crippen molar-refractivity contribution in [3.05, 3.63) is 71.8 Å². The van der Waals surface area contributed by atoms with Gasteiger partial charge in [-0.3, -0.25) is 11.0 Å². The SMILES string of the molecule is NP(N)OC1CCC(c2ccccc2)(c2ccccc2)CC1. The highest BCUT2D eigenvalue weighted by Crippen LogP contribution is 2.46. The van der Waals surface area contributed by atoms with Crippen LogP contribution < -0.4 is 11.0 Å². The summed E-state index contributed by atoms with van der Waals surface area (Å²) in [5.74, 6) is 0. The van der Waals surface area contributed by atoms with Crippen LogP contribution in [0.25, 0.3) is 0 Å². The molecule has 2 aromatic carbocycles. The Morgan fingerprint density at radius 2 is 1.27 bits per heavy atom. The molecule has 1 saturated carbocycles. The molecule has 0 saturated heterocycles. The molecule has 1 fully saturated rings. The van der Waals surface area contributed by atoms with Crippen molar-refractivity contribution in [2.75, 3.05) is 0 Å². The number of hydrogen-bond acceptors (Lipinski definition) is 3. The first-order chi connectivity index (χ1) is 10.7. The Balaban J connectivity index is 1.90. The summed E-state index contributed by atoms with van der Waals surface area (Å²) in [5, 5.41) is 0. The first kappa shape index (κ1) is 15.6. The van der Waals surface area contributed by atoms with Crippen LogP contribution in [0.5, 0.6) is 0 Å². The maximum absolute atomic E-state index is 5.68. The summed E-state index contributed by atoms with van der Waals surface area (Å²) >= 11 is 0. The lowest BCUT2D eigenvalue weighted by Gasteiger charge is -2.41. The van der Waals surface area contributed by atoms with Crippen molar-refractivity contribution in [1.82, 2.24) is 0 Å². The van der Waals surface area contributed by atoms with Gasteiger partial charge >= 0.3 is 0 Å². The molecule has 3 nitrogen and oxygen atoms in total. The van der Waals surface area contributed by atoms with Crippen molar-refractivity contribution in [3.8, 4) is 0 Å². The minimum absolute atomic E-state index is 0.0777. The van der Waals surface area contributed by atoms with Gasteiger partial charge < -0.3 is 4.52 Å². The maximum Gasteiger partial charge on any atom is 0.176 e. The highest BCUT2D eigenvalue weighted by atomic mass is 31.2. The zero-order chi connectivity index (χ0) is 15.4. The van der Waals surface area contributed by atoms with Crippen LogP contribution >= 0.6 is 8.45 Å². The molecule has 1 aliphatic rings. The second-order valence-electron chi connectivity index (χ2n) is 5.98. The summed E-state index contributed by atoms with van der Waals surface area (Å²) in [4.78, 5) is 0. The van der Waals surface area contributed by atoms with Gasteiger partial charge in [-0.05, 0) is 36.8 Å². The van der Waals surface area contributed by atoms with Crippen molar-refractivity contribution in [3.63, 3.8) is 0 Å². The van der Waals surface area contributed by atoms with E-state index >= 15 is 0 Å². The van der Waals surface area contributed by atoms with Crippen LogP contribution in [0.15, 0.2) is 60.7 Å². The van der Waals surface area contributed by atoms with E-state index in [9.17, 15) is 0 Å². The van der Waals surface area contributed by atoms with E-state index in [2.05, 4.69) is 60.7 Å². The van der Waals surface area contributed by atoms with E-state index in [-0.39, 0.29) is 11.5 Å². The van der Waals surface area contributed by atoms with Gasteiger partial charge in [0.1, 0.15) is 0 Å². The summed E-state index contributed by atoms with van der Waals surface area (Å²) in [7, 11) is -1.26. The lowest BCUT2D eigenvalue weighted by atomic mass is 9.65. The second-order valence-corrected chi connectivity index (χ2v) is 6.91. The van der Waals surface area contributed by atoms with Crippen LogP contribution in [0, 0.1) is 0 Å². The molecule has 0 unspecified atom stereocenters. The molecule has 4 N–H and O–H groups in total. The third-order valence-corrected chi connectivity index (χ3v) is 5.25. The second kappa shape index (κ2) is 6.89. The van der Waals surface area contributed by atoms with E-state index in [4.69, 9.17) is 15.5 Å². The number of hydrogen-bond donors (Lipinski definition) is 2. The van der Waals surface area contributed by atoms with Crippen molar-refractivity contribution < 1.29 is 4.52 Å². The Labute approximate surface area is 133 Å². The molecule has 0 aromatic heterocycles. The van der Waals surface area contributed by atoms with Crippen LogP contribution in [-0.2, 0) is 9.94 Å². The van der Waals surface area contributed by atoms with Gasteiger partial charge in [-0.1, -0.05) is 60.7 Å². The molecule has 0 spiro atoms. The minimum Gasteiger partial charge on any atom is -0.329 e. The van der Waals surface area contributed by atoms with Crippen LogP contribution in [0.3, 0.4) is 0 Å². The molecule has 0 amide bonds. The van der Waals surface area contributed by atoms with Gasteiger partial charge in [-0.2, -0.15) is 0 Å². The number of benzene rings is 2. The standard InChI is InChI=1S/C18H23N2OP/c19-22(20)21-17-11-13-18(14-12-17,15-7-3-1-4-8-15)16-9-5-2-6-10-16/h1-10,17H,11-14,19-20H2. The third-order valence-electron chi connectivity index (χ3n) is 4.71. The zero-order valence-corrected chi connectivity index (χ0v) is 13.6. The first-order valence-corrected chi connectivity index (χ1v) is 9.18. The van der Waals surface area contributed by atoms with Crippen LogP contribution in [0.1, 0.15) is 36.8 Å². The van der Waals surface area contributed by atoms with Crippen LogP contribution in [-0.4, -0.2) is 6.10 Å². The molecule has 3 rings (SSSR count).